The summed E-state index contributed by atoms with van der Waals surface area (Å²) in [6.45, 7) is 3.73. The molecule has 11 heteroatoms. The van der Waals surface area contributed by atoms with Crippen LogP contribution in [0.2, 0.25) is 5.02 Å². The molecule has 0 saturated heterocycles. The first-order chi connectivity index (χ1) is 20.6. The molecule has 1 aromatic heterocycles. The van der Waals surface area contributed by atoms with Gasteiger partial charge >= 0.3 is 5.69 Å². The average molecular weight is 668 g/mol. The van der Waals surface area contributed by atoms with E-state index in [4.69, 9.17) is 16.3 Å². The van der Waals surface area contributed by atoms with Gasteiger partial charge in [0.05, 0.1) is 35.1 Å². The number of fused-ring (bicyclic) bond motifs is 1. The average Bonchev–Trinajstić information content (AvgIpc) is 3.76. The number of benzene rings is 3. The smallest absolute Gasteiger partial charge is 0.333 e. The number of amides is 2. The van der Waals surface area contributed by atoms with Crippen molar-refractivity contribution in [1.29, 1.82) is 0 Å². The molecule has 1 fully saturated rings. The summed E-state index contributed by atoms with van der Waals surface area (Å²) in [5.74, 6) is -0.604. The number of carbonyl (C=O) groups is 2. The molecule has 222 valence electrons. The minimum atomic E-state index is -0.688. The predicted molar refractivity (Wildman–Crippen MR) is 164 cm³/mol. The standard InChI is InChI=1S/C32H29BrClFN4O4/c1-18-16-38-28(17-37(18)31(41)20-7-14-25(33)26(34)15-20)29(30(40)36-19(2)24-5-3-4-6-27(24)35)39(32(38)42)21-8-10-22(11-9-21)43-23-12-13-23/h3-11,14-15,18-19,23H,12-13,16-17H2,1-2H3,(H,36,40). The van der Waals surface area contributed by atoms with Crippen molar-refractivity contribution < 1.29 is 18.7 Å². The van der Waals surface area contributed by atoms with Crippen molar-refractivity contribution >= 4 is 39.3 Å². The molecule has 8 nitrogen and oxygen atoms in total. The molecule has 2 unspecified atom stereocenters. The normalized spacial score (nSPS) is 16.9. The van der Waals surface area contributed by atoms with Gasteiger partial charge in [0.25, 0.3) is 11.8 Å². The maximum absolute atomic E-state index is 14.6. The topological polar surface area (TPSA) is 85.6 Å². The molecule has 2 atom stereocenters. The number of aromatic nitrogens is 2. The fourth-order valence-corrected chi connectivity index (χ4v) is 5.80. The van der Waals surface area contributed by atoms with E-state index >= 15 is 0 Å². The van der Waals surface area contributed by atoms with E-state index < -0.39 is 23.5 Å². The molecule has 0 bridgehead atoms. The van der Waals surface area contributed by atoms with Crippen molar-refractivity contribution in [2.24, 2.45) is 0 Å². The van der Waals surface area contributed by atoms with Crippen LogP contribution in [0, 0.1) is 5.82 Å². The zero-order chi connectivity index (χ0) is 30.4. The van der Waals surface area contributed by atoms with Crippen LogP contribution in [0.25, 0.3) is 5.69 Å². The number of imidazole rings is 1. The van der Waals surface area contributed by atoms with E-state index in [1.165, 1.54) is 10.6 Å². The molecule has 43 heavy (non-hydrogen) atoms. The SMILES string of the molecule is CC(NC(=O)c1c2n(c(=O)n1-c1ccc(OC3CC3)cc1)CC(C)N(C(=O)c1ccc(Br)c(Cl)c1)C2)c1ccccc1F. The van der Waals surface area contributed by atoms with Gasteiger partial charge in [-0.3, -0.25) is 18.7 Å². The summed E-state index contributed by atoms with van der Waals surface area (Å²) in [7, 11) is 0. The second-order valence-electron chi connectivity index (χ2n) is 11.0. The van der Waals surface area contributed by atoms with E-state index in [1.807, 2.05) is 6.92 Å². The molecule has 1 aliphatic heterocycles. The van der Waals surface area contributed by atoms with Gasteiger partial charge in [-0.05, 0) is 91.1 Å². The summed E-state index contributed by atoms with van der Waals surface area (Å²) in [5.41, 5.74) is 1.25. The fraction of sp³-hybridized carbons (Fsp3) is 0.281. The Kier molecular flexibility index (Phi) is 7.91. The van der Waals surface area contributed by atoms with Crippen molar-refractivity contribution in [2.45, 2.75) is 58.0 Å². The zero-order valence-electron chi connectivity index (χ0n) is 23.5. The highest BCUT2D eigenvalue weighted by Gasteiger charge is 2.36. The molecule has 4 aromatic rings. The summed E-state index contributed by atoms with van der Waals surface area (Å²) in [5, 5.41) is 3.27. The van der Waals surface area contributed by atoms with Gasteiger partial charge in [0, 0.05) is 28.2 Å². The first-order valence-electron chi connectivity index (χ1n) is 14.0. The van der Waals surface area contributed by atoms with E-state index in [0.717, 1.165) is 12.8 Å². The molecule has 1 N–H and O–H groups in total. The molecule has 3 aromatic carbocycles. The van der Waals surface area contributed by atoms with E-state index in [2.05, 4.69) is 21.2 Å². The summed E-state index contributed by atoms with van der Waals surface area (Å²) < 4.78 is 24.0. The van der Waals surface area contributed by atoms with Crippen LogP contribution < -0.4 is 15.7 Å². The lowest BCUT2D eigenvalue weighted by atomic mass is 10.1. The second-order valence-corrected chi connectivity index (χ2v) is 12.2. The number of halogens is 3. The maximum Gasteiger partial charge on any atom is 0.333 e. The van der Waals surface area contributed by atoms with Gasteiger partial charge in [-0.25, -0.2) is 9.18 Å². The lowest BCUT2D eigenvalue weighted by Gasteiger charge is -2.34. The second kappa shape index (κ2) is 11.7. The monoisotopic (exact) mass is 666 g/mol. The molecular weight excluding hydrogens is 639 g/mol. The highest BCUT2D eigenvalue weighted by Crippen LogP contribution is 2.30. The Hall–Kier alpha value is -3.89. The third-order valence-electron chi connectivity index (χ3n) is 7.83. The molecule has 0 spiro atoms. The third kappa shape index (κ3) is 5.73. The van der Waals surface area contributed by atoms with Gasteiger partial charge in [-0.1, -0.05) is 29.8 Å². The highest BCUT2D eigenvalue weighted by molar-refractivity contribution is 9.10. The third-order valence-corrected chi connectivity index (χ3v) is 9.06. The van der Waals surface area contributed by atoms with Crippen LogP contribution in [-0.4, -0.2) is 38.0 Å². The van der Waals surface area contributed by atoms with Gasteiger partial charge in [0.15, 0.2) is 0 Å². The van der Waals surface area contributed by atoms with Crippen molar-refractivity contribution in [1.82, 2.24) is 19.4 Å². The number of ether oxygens (including phenoxy) is 1. The van der Waals surface area contributed by atoms with Gasteiger partial charge in [0.1, 0.15) is 17.3 Å². The fourth-order valence-electron chi connectivity index (χ4n) is 5.38. The molecule has 2 heterocycles. The summed E-state index contributed by atoms with van der Waals surface area (Å²) in [6.07, 6.45) is 2.23. The van der Waals surface area contributed by atoms with Gasteiger partial charge < -0.3 is 15.0 Å². The van der Waals surface area contributed by atoms with E-state index in [1.54, 1.807) is 77.1 Å². The Morgan fingerprint density at radius 3 is 2.49 bits per heavy atom. The first-order valence-corrected chi connectivity index (χ1v) is 15.2. The predicted octanol–water partition coefficient (Wildman–Crippen LogP) is 6.27. The van der Waals surface area contributed by atoms with Crippen molar-refractivity contribution in [3.05, 3.63) is 115 Å². The van der Waals surface area contributed by atoms with Gasteiger partial charge in [0.2, 0.25) is 0 Å². The van der Waals surface area contributed by atoms with Crippen LogP contribution in [0.15, 0.2) is 76.0 Å². The van der Waals surface area contributed by atoms with Crippen molar-refractivity contribution in [2.75, 3.05) is 0 Å². The Bertz CT molecular complexity index is 1780. The number of rotatable bonds is 7. The van der Waals surface area contributed by atoms with Gasteiger partial charge in [-0.15, -0.1) is 0 Å². The molecule has 1 saturated carbocycles. The summed E-state index contributed by atoms with van der Waals surface area (Å²) >= 11 is 9.62. The Morgan fingerprint density at radius 1 is 1.09 bits per heavy atom. The molecule has 2 amide bonds. The molecule has 1 aliphatic carbocycles. The lowest BCUT2D eigenvalue weighted by Crippen LogP contribution is -2.47. The van der Waals surface area contributed by atoms with Crippen LogP contribution in [-0.2, 0) is 13.1 Å². The molecular formula is C32H29BrClFN4O4. The Balaban J connectivity index is 1.41. The Morgan fingerprint density at radius 2 is 1.81 bits per heavy atom. The van der Waals surface area contributed by atoms with Crippen molar-refractivity contribution in [3.8, 4) is 11.4 Å². The zero-order valence-corrected chi connectivity index (χ0v) is 25.9. The van der Waals surface area contributed by atoms with E-state index in [9.17, 15) is 18.8 Å². The van der Waals surface area contributed by atoms with Crippen LogP contribution in [0.4, 0.5) is 4.39 Å². The van der Waals surface area contributed by atoms with Crippen LogP contribution in [0.1, 0.15) is 64.8 Å². The van der Waals surface area contributed by atoms with E-state index in [-0.39, 0.29) is 36.8 Å². The Labute approximate surface area is 261 Å². The molecule has 2 aliphatic rings. The first kappa shape index (κ1) is 29.2. The van der Waals surface area contributed by atoms with Crippen LogP contribution in [0.3, 0.4) is 0 Å². The number of hydrogen-bond acceptors (Lipinski definition) is 4. The minimum absolute atomic E-state index is 0.00955. The molecule has 0 radical (unpaired) electrons. The number of nitrogens with one attached hydrogen (secondary N) is 1. The summed E-state index contributed by atoms with van der Waals surface area (Å²) in [6, 6.07) is 17.2. The van der Waals surface area contributed by atoms with Crippen molar-refractivity contribution in [3.63, 3.8) is 0 Å². The van der Waals surface area contributed by atoms with Gasteiger partial charge in [-0.2, -0.15) is 0 Å². The van der Waals surface area contributed by atoms with E-state index in [0.29, 0.717) is 37.8 Å². The number of carbonyl (C=O) groups excluding carboxylic acids is 2. The lowest BCUT2D eigenvalue weighted by molar-refractivity contribution is 0.0610. The number of nitrogens with zero attached hydrogens (tertiary/aromatic N) is 3. The van der Waals surface area contributed by atoms with Crippen LogP contribution in [0.5, 0.6) is 5.75 Å². The summed E-state index contributed by atoms with van der Waals surface area (Å²) in [4.78, 5) is 43.2. The highest BCUT2D eigenvalue weighted by atomic mass is 79.9. The molecule has 6 rings (SSSR count). The largest absolute Gasteiger partial charge is 0.490 e. The number of hydrogen-bond donors (Lipinski definition) is 1. The minimum Gasteiger partial charge on any atom is -0.490 e. The maximum atomic E-state index is 14.6. The van der Waals surface area contributed by atoms with Crippen LogP contribution >= 0.6 is 27.5 Å². The quantitative estimate of drug-likeness (QED) is 0.252.